The number of nitrogens with one attached hydrogen (secondary N) is 1. The van der Waals surface area contributed by atoms with E-state index < -0.39 is 11.6 Å². The minimum Gasteiger partial charge on any atom is -0.398 e. The van der Waals surface area contributed by atoms with Crippen molar-refractivity contribution in [2.45, 2.75) is 6.92 Å². The molecule has 0 fully saturated rings. The predicted octanol–water partition coefficient (Wildman–Crippen LogP) is 4.15. The normalized spacial score (nSPS) is 10.8. The van der Waals surface area contributed by atoms with E-state index in [1.807, 2.05) is 6.92 Å². The van der Waals surface area contributed by atoms with E-state index in [4.69, 9.17) is 5.73 Å². The highest BCUT2D eigenvalue weighted by atomic mass is 19.1. The number of nitrogens with two attached hydrogens (primary N) is 1. The van der Waals surface area contributed by atoms with E-state index in [-0.39, 0.29) is 11.4 Å². The van der Waals surface area contributed by atoms with E-state index in [2.05, 4.69) is 10.3 Å². The maximum Gasteiger partial charge on any atom is 0.150 e. The quantitative estimate of drug-likeness (QED) is 0.695. The van der Waals surface area contributed by atoms with Gasteiger partial charge in [-0.3, -0.25) is 4.98 Å². The Morgan fingerprint density at radius 1 is 1.10 bits per heavy atom. The van der Waals surface area contributed by atoms with Crippen LogP contribution in [0.25, 0.3) is 10.9 Å². The third-order valence-corrected chi connectivity index (χ3v) is 3.26. The lowest BCUT2D eigenvalue weighted by atomic mass is 10.1. The summed E-state index contributed by atoms with van der Waals surface area (Å²) in [7, 11) is 0. The molecule has 3 rings (SSSR count). The average Bonchev–Trinajstić information content (AvgIpc) is 2.47. The van der Waals surface area contributed by atoms with Crippen molar-refractivity contribution in [3.05, 3.63) is 59.8 Å². The Labute approximate surface area is 120 Å². The van der Waals surface area contributed by atoms with Gasteiger partial charge in [-0.15, -0.1) is 0 Å². The van der Waals surface area contributed by atoms with Gasteiger partial charge < -0.3 is 11.1 Å². The lowest BCUT2D eigenvalue weighted by Crippen LogP contribution is -2.01. The molecule has 0 aliphatic heterocycles. The average molecular weight is 285 g/mol. The zero-order valence-electron chi connectivity index (χ0n) is 11.3. The van der Waals surface area contributed by atoms with Crippen LogP contribution in [0.2, 0.25) is 0 Å². The van der Waals surface area contributed by atoms with Crippen molar-refractivity contribution in [3.8, 4) is 0 Å². The molecule has 0 bridgehead atoms. The molecule has 0 amide bonds. The summed E-state index contributed by atoms with van der Waals surface area (Å²) in [5.74, 6) is -1.03. The number of fused-ring (bicyclic) bond motifs is 1. The van der Waals surface area contributed by atoms with E-state index >= 15 is 0 Å². The van der Waals surface area contributed by atoms with Crippen LogP contribution in [0.3, 0.4) is 0 Å². The number of benzene rings is 2. The topological polar surface area (TPSA) is 50.9 Å². The van der Waals surface area contributed by atoms with E-state index in [1.165, 1.54) is 12.1 Å². The van der Waals surface area contributed by atoms with Gasteiger partial charge in [-0.1, -0.05) is 6.07 Å². The smallest absolute Gasteiger partial charge is 0.150 e. The summed E-state index contributed by atoms with van der Waals surface area (Å²) in [6, 6.07) is 9.27. The molecule has 0 spiro atoms. The zero-order valence-corrected chi connectivity index (χ0v) is 11.3. The number of pyridine rings is 1. The van der Waals surface area contributed by atoms with E-state index in [0.717, 1.165) is 5.56 Å². The van der Waals surface area contributed by atoms with E-state index in [0.29, 0.717) is 16.6 Å². The molecular weight excluding hydrogens is 272 g/mol. The number of anilines is 3. The number of hydrogen-bond acceptors (Lipinski definition) is 3. The van der Waals surface area contributed by atoms with Crippen molar-refractivity contribution >= 4 is 28.0 Å². The van der Waals surface area contributed by atoms with Crippen molar-refractivity contribution in [1.29, 1.82) is 0 Å². The van der Waals surface area contributed by atoms with Crippen molar-refractivity contribution in [2.75, 3.05) is 11.1 Å². The fraction of sp³-hybridized carbons (Fsp3) is 0.0625. The molecule has 0 saturated heterocycles. The molecular formula is C16H13F2N3. The van der Waals surface area contributed by atoms with Gasteiger partial charge in [-0.05, 0) is 42.8 Å². The fourth-order valence-corrected chi connectivity index (χ4v) is 2.23. The molecule has 1 heterocycles. The molecule has 21 heavy (non-hydrogen) atoms. The Hall–Kier alpha value is -2.69. The first-order valence-corrected chi connectivity index (χ1v) is 6.42. The van der Waals surface area contributed by atoms with Crippen LogP contribution in [-0.2, 0) is 0 Å². The second-order valence-electron chi connectivity index (χ2n) is 4.83. The third-order valence-electron chi connectivity index (χ3n) is 3.26. The Balaban J connectivity index is 2.19. The molecule has 3 nitrogen and oxygen atoms in total. The van der Waals surface area contributed by atoms with Crippen LogP contribution in [-0.4, -0.2) is 4.98 Å². The summed E-state index contributed by atoms with van der Waals surface area (Å²) in [5, 5.41) is 3.40. The second kappa shape index (κ2) is 5.01. The van der Waals surface area contributed by atoms with Gasteiger partial charge in [0.2, 0.25) is 0 Å². The van der Waals surface area contributed by atoms with Gasteiger partial charge in [0, 0.05) is 17.3 Å². The molecule has 2 aromatic carbocycles. The molecule has 3 aromatic rings. The number of halogens is 2. The third kappa shape index (κ3) is 2.38. The van der Waals surface area contributed by atoms with Crippen LogP contribution in [0.5, 0.6) is 0 Å². The van der Waals surface area contributed by atoms with Crippen LogP contribution < -0.4 is 11.1 Å². The highest BCUT2D eigenvalue weighted by Crippen LogP contribution is 2.32. The zero-order chi connectivity index (χ0) is 15.0. The van der Waals surface area contributed by atoms with Gasteiger partial charge >= 0.3 is 0 Å². The number of rotatable bonds is 2. The largest absolute Gasteiger partial charge is 0.398 e. The molecule has 3 N–H and O–H groups in total. The van der Waals surface area contributed by atoms with Gasteiger partial charge in [-0.25, -0.2) is 8.78 Å². The van der Waals surface area contributed by atoms with Crippen LogP contribution >= 0.6 is 0 Å². The van der Waals surface area contributed by atoms with Gasteiger partial charge in [0.25, 0.3) is 0 Å². The Morgan fingerprint density at radius 3 is 2.71 bits per heavy atom. The van der Waals surface area contributed by atoms with Crippen LogP contribution in [0.4, 0.5) is 25.8 Å². The molecule has 1 aromatic heterocycles. The highest BCUT2D eigenvalue weighted by molar-refractivity contribution is 5.99. The number of aromatic nitrogens is 1. The molecule has 0 atom stereocenters. The Kier molecular flexibility index (Phi) is 3.17. The van der Waals surface area contributed by atoms with Gasteiger partial charge in [0.15, 0.2) is 5.82 Å². The first-order chi connectivity index (χ1) is 10.1. The summed E-state index contributed by atoms with van der Waals surface area (Å²) < 4.78 is 28.0. The summed E-state index contributed by atoms with van der Waals surface area (Å²) in [5.41, 5.74) is 7.64. The summed E-state index contributed by atoms with van der Waals surface area (Å²) in [4.78, 5) is 4.15. The highest BCUT2D eigenvalue weighted by Gasteiger charge is 2.13. The molecule has 0 radical (unpaired) electrons. The van der Waals surface area contributed by atoms with E-state index in [1.54, 1.807) is 30.5 Å². The van der Waals surface area contributed by atoms with Crippen molar-refractivity contribution in [3.63, 3.8) is 0 Å². The summed E-state index contributed by atoms with van der Waals surface area (Å²) >= 11 is 0. The molecule has 0 aliphatic carbocycles. The predicted molar refractivity (Wildman–Crippen MR) is 80.5 cm³/mol. The monoisotopic (exact) mass is 285 g/mol. The SMILES string of the molecule is Cc1ccc(F)c(Nc2c(F)cc(N)c3cccnc23)c1. The molecule has 0 unspecified atom stereocenters. The molecule has 0 aliphatic rings. The fourth-order valence-electron chi connectivity index (χ4n) is 2.23. The number of aryl methyl sites for hydroxylation is 1. The molecule has 5 heteroatoms. The van der Waals surface area contributed by atoms with Gasteiger partial charge in [0.05, 0.1) is 11.2 Å². The number of nitrogen functional groups attached to an aromatic ring is 1. The van der Waals surface area contributed by atoms with Gasteiger partial charge in [0.1, 0.15) is 11.5 Å². The number of hydrogen-bond donors (Lipinski definition) is 2. The maximum atomic E-state index is 14.2. The second-order valence-corrected chi connectivity index (χ2v) is 4.83. The Morgan fingerprint density at radius 2 is 1.90 bits per heavy atom. The van der Waals surface area contributed by atoms with Crippen LogP contribution in [0.1, 0.15) is 5.56 Å². The first kappa shape index (κ1) is 13.3. The van der Waals surface area contributed by atoms with Crippen LogP contribution in [0.15, 0.2) is 42.6 Å². The molecule has 106 valence electrons. The minimum absolute atomic E-state index is 0.115. The Bertz CT molecular complexity index is 831. The lowest BCUT2D eigenvalue weighted by molar-refractivity contribution is 0.626. The summed E-state index contributed by atoms with van der Waals surface area (Å²) in [6.45, 7) is 1.83. The van der Waals surface area contributed by atoms with Gasteiger partial charge in [-0.2, -0.15) is 0 Å². The van der Waals surface area contributed by atoms with Crippen molar-refractivity contribution in [1.82, 2.24) is 4.98 Å². The standard InChI is InChI=1S/C16H13F2N3/c1-9-4-5-11(17)14(7-9)21-16-12(18)8-13(19)10-3-2-6-20-15(10)16/h2-8,21H,19H2,1H3. The number of nitrogens with zero attached hydrogens (tertiary/aromatic N) is 1. The van der Waals surface area contributed by atoms with E-state index in [9.17, 15) is 8.78 Å². The van der Waals surface area contributed by atoms with Crippen molar-refractivity contribution < 1.29 is 8.78 Å². The van der Waals surface area contributed by atoms with Crippen molar-refractivity contribution in [2.24, 2.45) is 0 Å². The molecule has 0 saturated carbocycles. The van der Waals surface area contributed by atoms with Crippen LogP contribution in [0, 0.1) is 18.6 Å². The maximum absolute atomic E-state index is 14.2. The first-order valence-electron chi connectivity index (χ1n) is 6.42. The lowest BCUT2D eigenvalue weighted by Gasteiger charge is -2.13. The summed E-state index contributed by atoms with van der Waals surface area (Å²) in [6.07, 6.45) is 1.54. The minimum atomic E-state index is -0.570.